The zero-order valence-corrected chi connectivity index (χ0v) is 28.9. The predicted molar refractivity (Wildman–Crippen MR) is 220 cm³/mol. The molecule has 0 amide bonds. The van der Waals surface area contributed by atoms with Gasteiger partial charge in [0.2, 0.25) is 0 Å². The van der Waals surface area contributed by atoms with Gasteiger partial charge in [-0.3, -0.25) is 0 Å². The van der Waals surface area contributed by atoms with Crippen molar-refractivity contribution in [3.63, 3.8) is 0 Å². The molecular weight excluding hydrogens is 649 g/mol. The van der Waals surface area contributed by atoms with E-state index >= 15 is 0 Å². The Bertz CT molecular complexity index is 2970. The van der Waals surface area contributed by atoms with Crippen molar-refractivity contribution >= 4 is 53.3 Å². The molecule has 0 unspecified atom stereocenters. The topological polar surface area (TPSA) is 28.7 Å². The Kier molecular flexibility index (Phi) is 7.09. The van der Waals surface area contributed by atoms with Crippen LogP contribution in [0.5, 0.6) is 0 Å². The molecule has 0 saturated heterocycles. The molecule has 52 heavy (non-hydrogen) atoms. The number of thiophene rings is 1. The van der Waals surface area contributed by atoms with Crippen LogP contribution in [0.25, 0.3) is 92.2 Å². The minimum absolute atomic E-state index is 0.644. The molecule has 8 aromatic carbocycles. The monoisotopic (exact) mass is 678 g/mol. The lowest BCUT2D eigenvalue weighted by atomic mass is 9.93. The van der Waals surface area contributed by atoms with Gasteiger partial charge in [0.1, 0.15) is 0 Å². The Hall–Kier alpha value is -6.73. The first-order valence-electron chi connectivity index (χ1n) is 17.5. The summed E-state index contributed by atoms with van der Waals surface area (Å²) < 4.78 is 4.94. The van der Waals surface area contributed by atoms with E-state index in [0.29, 0.717) is 5.56 Å². The number of para-hydroxylation sites is 2. The summed E-state index contributed by atoms with van der Waals surface area (Å²) >= 11 is 1.85. The van der Waals surface area contributed by atoms with E-state index < -0.39 is 0 Å². The molecule has 0 bridgehead atoms. The molecule has 10 aromatic rings. The van der Waals surface area contributed by atoms with E-state index in [4.69, 9.17) is 0 Å². The van der Waals surface area contributed by atoms with Crippen molar-refractivity contribution in [1.82, 2.24) is 4.57 Å². The third-order valence-corrected chi connectivity index (χ3v) is 11.4. The minimum atomic E-state index is 0.644. The summed E-state index contributed by atoms with van der Waals surface area (Å²) in [5, 5.41) is 15.2. The van der Waals surface area contributed by atoms with Crippen LogP contribution in [0, 0.1) is 11.3 Å². The number of rotatable bonds is 5. The molecule has 0 aliphatic carbocycles. The fraction of sp³-hybridized carbons (Fsp3) is 0. The van der Waals surface area contributed by atoms with E-state index in [1.54, 1.807) is 0 Å². The number of aromatic nitrogens is 1. The summed E-state index contributed by atoms with van der Waals surface area (Å²) in [6, 6.07) is 67.2. The van der Waals surface area contributed by atoms with Crippen LogP contribution in [0.3, 0.4) is 0 Å². The van der Waals surface area contributed by atoms with Crippen molar-refractivity contribution in [3.8, 4) is 56.3 Å². The molecule has 0 atom stereocenters. The SMILES string of the molecule is N#Cc1cc(-c2cccc(-c3ccc(-n4c5ccccc5c5ccccc54)cc3)c2)cc(-c2cccc(-c3cccc4c3sc3ccccc34)c2)c1. The lowest BCUT2D eigenvalue weighted by Crippen LogP contribution is -1.93. The lowest BCUT2D eigenvalue weighted by Gasteiger charge is -2.12. The van der Waals surface area contributed by atoms with Gasteiger partial charge in [-0.05, 0) is 105 Å². The molecule has 0 saturated carbocycles. The highest BCUT2D eigenvalue weighted by atomic mass is 32.1. The molecule has 0 spiro atoms. The van der Waals surface area contributed by atoms with Crippen LogP contribution in [0.4, 0.5) is 0 Å². The normalized spacial score (nSPS) is 11.4. The summed E-state index contributed by atoms with van der Waals surface area (Å²) in [5.41, 5.74) is 13.1. The van der Waals surface area contributed by atoms with E-state index in [-0.39, 0.29) is 0 Å². The molecule has 0 radical (unpaired) electrons. The van der Waals surface area contributed by atoms with Gasteiger partial charge < -0.3 is 4.57 Å². The van der Waals surface area contributed by atoms with Crippen LogP contribution in [0.15, 0.2) is 182 Å². The summed E-state index contributed by atoms with van der Waals surface area (Å²) in [4.78, 5) is 0. The van der Waals surface area contributed by atoms with Gasteiger partial charge in [-0.1, -0.05) is 121 Å². The van der Waals surface area contributed by atoms with Crippen LogP contribution in [0.1, 0.15) is 5.56 Å². The fourth-order valence-electron chi connectivity index (χ4n) is 7.75. The number of nitriles is 1. The first-order valence-corrected chi connectivity index (χ1v) is 18.3. The van der Waals surface area contributed by atoms with Crippen molar-refractivity contribution < 1.29 is 0 Å². The maximum Gasteiger partial charge on any atom is 0.0992 e. The van der Waals surface area contributed by atoms with Gasteiger partial charge in [0.15, 0.2) is 0 Å². The standard InChI is InChI=1S/C49H30N2S/c50-31-32-26-38(30-39(27-32)36-12-8-13-37(29-36)41-17-9-18-45-44-16-3-6-21-48(44)52-49(41)45)35-11-7-10-34(28-35)33-22-24-40(25-23-33)51-46-19-4-1-14-42(46)43-15-2-5-20-47(43)51/h1-30H. The van der Waals surface area contributed by atoms with E-state index in [1.165, 1.54) is 53.1 Å². The third-order valence-electron chi connectivity index (χ3n) is 10.2. The highest BCUT2D eigenvalue weighted by molar-refractivity contribution is 7.26. The first-order chi connectivity index (χ1) is 25.7. The summed E-state index contributed by atoms with van der Waals surface area (Å²) in [7, 11) is 0. The smallest absolute Gasteiger partial charge is 0.0992 e. The molecule has 10 rings (SSSR count). The van der Waals surface area contributed by atoms with Crippen LogP contribution in [-0.4, -0.2) is 4.57 Å². The quantitative estimate of drug-likeness (QED) is 0.178. The number of fused-ring (bicyclic) bond motifs is 6. The Balaban J connectivity index is 1.01. The number of hydrogen-bond acceptors (Lipinski definition) is 2. The zero-order chi connectivity index (χ0) is 34.6. The minimum Gasteiger partial charge on any atom is -0.309 e. The Morgan fingerprint density at radius 2 is 0.923 bits per heavy atom. The summed E-state index contributed by atoms with van der Waals surface area (Å²) in [6.07, 6.45) is 0. The summed E-state index contributed by atoms with van der Waals surface area (Å²) in [6.45, 7) is 0. The molecule has 2 nitrogen and oxygen atoms in total. The van der Waals surface area contributed by atoms with Crippen LogP contribution in [-0.2, 0) is 0 Å². The van der Waals surface area contributed by atoms with E-state index in [0.717, 1.165) is 39.1 Å². The average molecular weight is 679 g/mol. The number of nitrogens with zero attached hydrogens (tertiary/aromatic N) is 2. The van der Waals surface area contributed by atoms with Crippen LogP contribution < -0.4 is 0 Å². The zero-order valence-electron chi connectivity index (χ0n) is 28.1. The highest BCUT2D eigenvalue weighted by Crippen LogP contribution is 2.41. The van der Waals surface area contributed by atoms with Gasteiger partial charge >= 0.3 is 0 Å². The van der Waals surface area contributed by atoms with E-state index in [9.17, 15) is 5.26 Å². The van der Waals surface area contributed by atoms with Crippen molar-refractivity contribution in [1.29, 1.82) is 5.26 Å². The van der Waals surface area contributed by atoms with Crippen molar-refractivity contribution in [2.75, 3.05) is 0 Å². The molecule has 0 N–H and O–H groups in total. The Labute approximate surface area is 305 Å². The fourth-order valence-corrected chi connectivity index (χ4v) is 8.99. The molecule has 3 heteroatoms. The van der Waals surface area contributed by atoms with Crippen molar-refractivity contribution in [2.45, 2.75) is 0 Å². The van der Waals surface area contributed by atoms with Crippen molar-refractivity contribution in [2.24, 2.45) is 0 Å². The van der Waals surface area contributed by atoms with E-state index in [2.05, 4.69) is 180 Å². The first kappa shape index (κ1) is 30.1. The summed E-state index contributed by atoms with van der Waals surface area (Å²) in [5.74, 6) is 0. The van der Waals surface area contributed by atoms with Crippen LogP contribution in [0.2, 0.25) is 0 Å². The third kappa shape index (κ3) is 5.01. The average Bonchev–Trinajstić information content (AvgIpc) is 3.77. The molecule has 0 aliphatic heterocycles. The maximum absolute atomic E-state index is 10.1. The number of hydrogen-bond donors (Lipinski definition) is 0. The second-order valence-corrected chi connectivity index (χ2v) is 14.3. The second kappa shape index (κ2) is 12.2. The molecule has 242 valence electrons. The number of benzene rings is 8. The van der Waals surface area contributed by atoms with Gasteiger partial charge in [0.25, 0.3) is 0 Å². The van der Waals surface area contributed by atoms with Gasteiger partial charge in [-0.2, -0.15) is 5.26 Å². The van der Waals surface area contributed by atoms with Gasteiger partial charge in [0, 0.05) is 36.6 Å². The predicted octanol–water partition coefficient (Wildman–Crippen LogP) is 13.7. The van der Waals surface area contributed by atoms with Gasteiger partial charge in [-0.25, -0.2) is 0 Å². The lowest BCUT2D eigenvalue weighted by molar-refractivity contribution is 1.18. The molecule has 2 heterocycles. The largest absolute Gasteiger partial charge is 0.309 e. The van der Waals surface area contributed by atoms with E-state index in [1.807, 2.05) is 23.5 Å². The highest BCUT2D eigenvalue weighted by Gasteiger charge is 2.14. The molecule has 0 fully saturated rings. The molecule has 2 aromatic heterocycles. The van der Waals surface area contributed by atoms with Crippen LogP contribution >= 0.6 is 11.3 Å². The Morgan fingerprint density at radius 3 is 1.60 bits per heavy atom. The molecule has 0 aliphatic rings. The Morgan fingerprint density at radius 1 is 0.404 bits per heavy atom. The second-order valence-electron chi connectivity index (χ2n) is 13.3. The van der Waals surface area contributed by atoms with Crippen molar-refractivity contribution in [3.05, 3.63) is 188 Å². The van der Waals surface area contributed by atoms with Gasteiger partial charge in [-0.15, -0.1) is 11.3 Å². The van der Waals surface area contributed by atoms with Gasteiger partial charge in [0.05, 0.1) is 22.7 Å². The maximum atomic E-state index is 10.1. The molecular formula is C49H30N2S.